The summed E-state index contributed by atoms with van der Waals surface area (Å²) in [6, 6.07) is 5.55. The van der Waals surface area contributed by atoms with E-state index in [-0.39, 0.29) is 0 Å². The van der Waals surface area contributed by atoms with E-state index in [0.717, 1.165) is 4.47 Å². The van der Waals surface area contributed by atoms with Crippen LogP contribution in [-0.4, -0.2) is 19.8 Å². The third-order valence-electron chi connectivity index (χ3n) is 1.66. The molecule has 1 rings (SSSR count). The van der Waals surface area contributed by atoms with Crippen molar-refractivity contribution in [2.24, 2.45) is 0 Å². The minimum absolute atomic E-state index is 0.527. The fourth-order valence-electron chi connectivity index (χ4n) is 1.01. The summed E-state index contributed by atoms with van der Waals surface area (Å²) in [6.45, 7) is 3.78. The highest BCUT2D eigenvalue weighted by Crippen LogP contribution is 2.24. The fourth-order valence-corrected chi connectivity index (χ4v) is 1.38. The second kappa shape index (κ2) is 5.88. The molecule has 0 atom stereocenters. The number of halogens is 1. The van der Waals surface area contributed by atoms with E-state index < -0.39 is 0 Å². The molecule has 0 unspecified atom stereocenters. The van der Waals surface area contributed by atoms with E-state index in [9.17, 15) is 0 Å². The van der Waals surface area contributed by atoms with Gasteiger partial charge >= 0.3 is 0 Å². The minimum atomic E-state index is 0.527. The van der Waals surface area contributed by atoms with Gasteiger partial charge < -0.3 is 15.2 Å². The molecule has 78 valence electrons. The number of benzene rings is 1. The zero-order valence-electron chi connectivity index (χ0n) is 8.13. The van der Waals surface area contributed by atoms with E-state index >= 15 is 0 Å². The maximum absolute atomic E-state index is 5.74. The summed E-state index contributed by atoms with van der Waals surface area (Å²) < 4.78 is 11.5. The standard InChI is InChI=1S/C10H14BrNO2/c1-2-13-5-6-14-10-4-3-8(11)7-9(10)12/h3-4,7H,2,5-6,12H2,1H3. The van der Waals surface area contributed by atoms with Crippen molar-refractivity contribution in [1.82, 2.24) is 0 Å². The summed E-state index contributed by atoms with van der Waals surface area (Å²) in [5.74, 6) is 0.702. The Morgan fingerprint density at radius 3 is 2.79 bits per heavy atom. The van der Waals surface area contributed by atoms with Crippen LogP contribution in [0.3, 0.4) is 0 Å². The van der Waals surface area contributed by atoms with E-state index in [1.165, 1.54) is 0 Å². The lowest BCUT2D eigenvalue weighted by molar-refractivity contribution is 0.110. The van der Waals surface area contributed by atoms with Crippen LogP contribution >= 0.6 is 15.9 Å². The first-order valence-corrected chi connectivity index (χ1v) is 5.29. The van der Waals surface area contributed by atoms with Gasteiger partial charge in [-0.15, -0.1) is 0 Å². The molecule has 0 amide bonds. The van der Waals surface area contributed by atoms with Gasteiger partial charge in [0.25, 0.3) is 0 Å². The van der Waals surface area contributed by atoms with Crippen LogP contribution in [-0.2, 0) is 4.74 Å². The molecule has 0 fully saturated rings. The van der Waals surface area contributed by atoms with Gasteiger partial charge in [0.05, 0.1) is 12.3 Å². The van der Waals surface area contributed by atoms with Gasteiger partial charge in [-0.1, -0.05) is 15.9 Å². The zero-order valence-corrected chi connectivity index (χ0v) is 9.71. The molecular formula is C10H14BrNO2. The van der Waals surface area contributed by atoms with Crippen molar-refractivity contribution in [1.29, 1.82) is 0 Å². The number of hydrogen-bond acceptors (Lipinski definition) is 3. The number of anilines is 1. The summed E-state index contributed by atoms with van der Waals surface area (Å²) in [5.41, 5.74) is 6.38. The third kappa shape index (κ3) is 3.55. The van der Waals surface area contributed by atoms with Crippen LogP contribution in [0.1, 0.15) is 6.92 Å². The molecule has 0 heterocycles. The Morgan fingerprint density at radius 2 is 2.14 bits per heavy atom. The Bertz CT molecular complexity index is 291. The topological polar surface area (TPSA) is 44.5 Å². The van der Waals surface area contributed by atoms with Crippen LogP contribution in [0.15, 0.2) is 22.7 Å². The lowest BCUT2D eigenvalue weighted by atomic mass is 10.3. The lowest BCUT2D eigenvalue weighted by Crippen LogP contribution is -2.07. The maximum atomic E-state index is 5.74. The molecular weight excluding hydrogens is 246 g/mol. The molecule has 14 heavy (non-hydrogen) atoms. The molecule has 0 radical (unpaired) electrons. The molecule has 1 aromatic rings. The number of nitrogens with two attached hydrogens (primary N) is 1. The van der Waals surface area contributed by atoms with Gasteiger partial charge in [0.1, 0.15) is 12.4 Å². The maximum Gasteiger partial charge on any atom is 0.142 e. The number of nitrogen functional groups attached to an aromatic ring is 1. The van der Waals surface area contributed by atoms with Gasteiger partial charge in [-0.2, -0.15) is 0 Å². The van der Waals surface area contributed by atoms with Crippen molar-refractivity contribution in [2.45, 2.75) is 6.92 Å². The molecule has 1 aromatic carbocycles. The average molecular weight is 260 g/mol. The van der Waals surface area contributed by atoms with Gasteiger partial charge in [0.15, 0.2) is 0 Å². The molecule has 0 saturated carbocycles. The predicted molar refractivity (Wildman–Crippen MR) is 60.5 cm³/mol. The summed E-state index contributed by atoms with van der Waals surface area (Å²) in [6.07, 6.45) is 0. The van der Waals surface area contributed by atoms with Gasteiger partial charge in [-0.3, -0.25) is 0 Å². The number of rotatable bonds is 5. The monoisotopic (exact) mass is 259 g/mol. The normalized spacial score (nSPS) is 10.1. The highest BCUT2D eigenvalue weighted by molar-refractivity contribution is 9.10. The van der Waals surface area contributed by atoms with Crippen LogP contribution in [0.5, 0.6) is 5.75 Å². The van der Waals surface area contributed by atoms with Crippen LogP contribution in [0.4, 0.5) is 5.69 Å². The first-order chi connectivity index (χ1) is 6.74. The van der Waals surface area contributed by atoms with E-state index in [4.69, 9.17) is 15.2 Å². The van der Waals surface area contributed by atoms with E-state index in [0.29, 0.717) is 31.3 Å². The van der Waals surface area contributed by atoms with Gasteiger partial charge in [0.2, 0.25) is 0 Å². The second-order valence-electron chi connectivity index (χ2n) is 2.73. The fraction of sp³-hybridized carbons (Fsp3) is 0.400. The van der Waals surface area contributed by atoms with Crippen LogP contribution in [0.2, 0.25) is 0 Å². The van der Waals surface area contributed by atoms with Crippen LogP contribution < -0.4 is 10.5 Å². The quantitative estimate of drug-likeness (QED) is 0.653. The summed E-state index contributed by atoms with van der Waals surface area (Å²) in [7, 11) is 0. The molecule has 0 aliphatic heterocycles. The van der Waals surface area contributed by atoms with Crippen molar-refractivity contribution < 1.29 is 9.47 Å². The Hall–Kier alpha value is -0.740. The summed E-state index contributed by atoms with van der Waals surface area (Å²) in [4.78, 5) is 0. The summed E-state index contributed by atoms with van der Waals surface area (Å²) in [5, 5.41) is 0. The highest BCUT2D eigenvalue weighted by atomic mass is 79.9. The van der Waals surface area contributed by atoms with Crippen LogP contribution in [0, 0.1) is 0 Å². The Morgan fingerprint density at radius 1 is 1.36 bits per heavy atom. The second-order valence-corrected chi connectivity index (χ2v) is 3.64. The Balaban J connectivity index is 2.42. The first-order valence-electron chi connectivity index (χ1n) is 4.49. The SMILES string of the molecule is CCOCCOc1ccc(Br)cc1N. The molecule has 2 N–H and O–H groups in total. The molecule has 0 spiro atoms. The first kappa shape index (κ1) is 11.3. The van der Waals surface area contributed by atoms with Crippen molar-refractivity contribution >= 4 is 21.6 Å². The highest BCUT2D eigenvalue weighted by Gasteiger charge is 1.99. The molecule has 0 saturated heterocycles. The number of hydrogen-bond donors (Lipinski definition) is 1. The number of ether oxygens (including phenoxy) is 2. The predicted octanol–water partition coefficient (Wildman–Crippen LogP) is 2.45. The average Bonchev–Trinajstić information content (AvgIpc) is 2.15. The minimum Gasteiger partial charge on any atom is -0.489 e. The van der Waals surface area contributed by atoms with Crippen molar-refractivity contribution in [2.75, 3.05) is 25.6 Å². The Labute approximate surface area is 92.3 Å². The van der Waals surface area contributed by atoms with Crippen molar-refractivity contribution in [3.8, 4) is 5.75 Å². The van der Waals surface area contributed by atoms with Gasteiger partial charge in [0, 0.05) is 11.1 Å². The summed E-state index contributed by atoms with van der Waals surface area (Å²) >= 11 is 3.33. The van der Waals surface area contributed by atoms with E-state index in [1.807, 2.05) is 25.1 Å². The van der Waals surface area contributed by atoms with Gasteiger partial charge in [-0.25, -0.2) is 0 Å². The Kier molecular flexibility index (Phi) is 4.76. The molecule has 0 aliphatic rings. The van der Waals surface area contributed by atoms with Crippen molar-refractivity contribution in [3.63, 3.8) is 0 Å². The molecule has 4 heteroatoms. The molecule has 0 bridgehead atoms. The van der Waals surface area contributed by atoms with E-state index in [1.54, 1.807) is 0 Å². The molecule has 0 aromatic heterocycles. The van der Waals surface area contributed by atoms with Crippen LogP contribution in [0.25, 0.3) is 0 Å². The molecule has 3 nitrogen and oxygen atoms in total. The smallest absolute Gasteiger partial charge is 0.142 e. The van der Waals surface area contributed by atoms with Gasteiger partial charge in [-0.05, 0) is 25.1 Å². The zero-order chi connectivity index (χ0) is 10.4. The third-order valence-corrected chi connectivity index (χ3v) is 2.15. The lowest BCUT2D eigenvalue weighted by Gasteiger charge is -2.08. The molecule has 0 aliphatic carbocycles. The van der Waals surface area contributed by atoms with Crippen molar-refractivity contribution in [3.05, 3.63) is 22.7 Å². The largest absolute Gasteiger partial charge is 0.489 e. The van der Waals surface area contributed by atoms with E-state index in [2.05, 4.69) is 15.9 Å².